The molecule has 0 amide bonds. The van der Waals surface area contributed by atoms with Crippen LogP contribution < -0.4 is 20.3 Å². The molecule has 4 aromatic rings. The molecule has 0 unspecified atom stereocenters. The van der Waals surface area contributed by atoms with Gasteiger partial charge in [0, 0.05) is 17.3 Å². The number of ether oxygens (including phenoxy) is 2. The Morgan fingerprint density at radius 1 is 0.789 bits per heavy atom. The summed E-state index contributed by atoms with van der Waals surface area (Å²) in [6.07, 6.45) is -9.95. The number of benzene rings is 2. The van der Waals surface area contributed by atoms with Gasteiger partial charge >= 0.3 is 18.5 Å². The summed E-state index contributed by atoms with van der Waals surface area (Å²) in [6.45, 7) is 0. The van der Waals surface area contributed by atoms with Gasteiger partial charge in [-0.05, 0) is 54.6 Å². The van der Waals surface area contributed by atoms with Crippen molar-refractivity contribution in [2.24, 2.45) is 0 Å². The molecule has 2 heterocycles. The van der Waals surface area contributed by atoms with E-state index in [9.17, 15) is 31.1 Å². The minimum absolute atomic E-state index is 0.00301. The number of aromatic nitrogens is 5. The number of nitrogens with zero attached hydrogens (tertiary/aromatic N) is 4. The van der Waals surface area contributed by atoms with E-state index in [2.05, 4.69) is 40.3 Å². The highest BCUT2D eigenvalue weighted by Crippen LogP contribution is 2.27. The summed E-state index contributed by atoms with van der Waals surface area (Å²) in [5.74, 6) is -2.12. The van der Waals surface area contributed by atoms with Crippen LogP contribution in [-0.4, -0.2) is 43.9 Å². The molecular formula is C21H13F6N7O4. The smallest absolute Gasteiger partial charge is 0.438 e. The number of carbonyl (C=O) groups excluding carboxylic acids is 1. The Morgan fingerprint density at radius 3 is 2.08 bits per heavy atom. The lowest BCUT2D eigenvalue weighted by molar-refractivity contribution is -0.274. The highest BCUT2D eigenvalue weighted by Gasteiger charge is 2.41. The summed E-state index contributed by atoms with van der Waals surface area (Å²) in [5, 5.41) is 18.0. The molecular weight excluding hydrogens is 528 g/mol. The predicted octanol–water partition coefficient (Wildman–Crippen LogP) is 5.13. The normalized spacial score (nSPS) is 11.5. The van der Waals surface area contributed by atoms with E-state index in [1.165, 1.54) is 24.3 Å². The number of hydrogen-bond donors (Lipinski definition) is 3. The first-order valence-corrected chi connectivity index (χ1v) is 10.2. The molecule has 4 rings (SSSR count). The number of nitrogens with one attached hydrogen (secondary N) is 3. The summed E-state index contributed by atoms with van der Waals surface area (Å²) in [4.78, 5) is 17.4. The number of H-pyrrole nitrogens is 1. The average Bonchev–Trinajstić information content (AvgIpc) is 3.32. The van der Waals surface area contributed by atoms with Crippen LogP contribution in [0, 0.1) is 0 Å². The first-order valence-electron chi connectivity index (χ1n) is 10.2. The third-order valence-electron chi connectivity index (χ3n) is 4.31. The highest BCUT2D eigenvalue weighted by molar-refractivity contribution is 5.76. The Balaban J connectivity index is 1.32. The van der Waals surface area contributed by atoms with Gasteiger partial charge in [-0.2, -0.15) is 18.7 Å². The zero-order chi connectivity index (χ0) is 27.3. The second-order valence-corrected chi connectivity index (χ2v) is 7.09. The summed E-state index contributed by atoms with van der Waals surface area (Å²) >= 11 is 0. The van der Waals surface area contributed by atoms with Crippen LogP contribution >= 0.6 is 0 Å². The third-order valence-corrected chi connectivity index (χ3v) is 4.31. The summed E-state index contributed by atoms with van der Waals surface area (Å²) < 4.78 is 82.5. The predicted molar refractivity (Wildman–Crippen MR) is 116 cm³/mol. The van der Waals surface area contributed by atoms with Crippen molar-refractivity contribution < 1.29 is 45.4 Å². The average molecular weight is 541 g/mol. The molecule has 38 heavy (non-hydrogen) atoms. The number of alkyl halides is 6. The molecule has 0 radical (unpaired) electrons. The van der Waals surface area contributed by atoms with Gasteiger partial charge in [0.05, 0.1) is 0 Å². The number of anilines is 3. The van der Waals surface area contributed by atoms with Gasteiger partial charge in [-0.25, -0.2) is 4.79 Å². The van der Waals surface area contributed by atoms with Crippen molar-refractivity contribution in [1.82, 2.24) is 25.4 Å². The Hall–Kier alpha value is -5.09. The van der Waals surface area contributed by atoms with Crippen molar-refractivity contribution in [3.05, 3.63) is 60.7 Å². The van der Waals surface area contributed by atoms with Crippen LogP contribution in [0.2, 0.25) is 0 Å². The van der Waals surface area contributed by atoms with Crippen LogP contribution in [0.1, 0.15) is 0 Å². The molecule has 0 saturated carbocycles. The number of aromatic amines is 1. The van der Waals surface area contributed by atoms with Gasteiger partial charge in [0.1, 0.15) is 11.5 Å². The van der Waals surface area contributed by atoms with E-state index >= 15 is 0 Å². The summed E-state index contributed by atoms with van der Waals surface area (Å²) in [7, 11) is 0. The van der Waals surface area contributed by atoms with Crippen LogP contribution in [0.5, 0.6) is 17.4 Å². The Kier molecular flexibility index (Phi) is 7.17. The second-order valence-electron chi connectivity index (χ2n) is 7.09. The number of hydrogen-bond acceptors (Lipinski definition) is 10. The van der Waals surface area contributed by atoms with Gasteiger partial charge in [-0.15, -0.1) is 33.6 Å². The minimum Gasteiger partial charge on any atom is -0.438 e. The topological polar surface area (TPSA) is 136 Å². The van der Waals surface area contributed by atoms with Gasteiger partial charge in [-0.1, -0.05) is 0 Å². The fourth-order valence-corrected chi connectivity index (χ4v) is 2.71. The van der Waals surface area contributed by atoms with Gasteiger partial charge in [0.2, 0.25) is 11.8 Å². The molecule has 2 aromatic heterocycles. The molecule has 2 aromatic carbocycles. The zero-order valence-corrected chi connectivity index (χ0v) is 18.5. The third kappa shape index (κ3) is 7.21. The van der Waals surface area contributed by atoms with Crippen LogP contribution in [0.4, 0.5) is 43.8 Å². The fraction of sp³-hybridized carbons (Fsp3) is 0.0952. The Morgan fingerprint density at radius 2 is 1.47 bits per heavy atom. The number of carbonyl (C=O) groups is 1. The van der Waals surface area contributed by atoms with Gasteiger partial charge in [0.15, 0.2) is 11.6 Å². The van der Waals surface area contributed by atoms with Crippen LogP contribution in [0.25, 0.3) is 11.4 Å². The standard InChI is InChI=1S/C21H13F6N7O4/c22-20(23,24)18(35)38-34-15-9-10-16(31-30-15)36-13-5-1-11(2-6-13)17-29-19(33-32-17)28-12-3-7-14(8-4-12)37-21(25,26)27/h1-10H,(H,30,34)(H2,28,29,32,33). The summed E-state index contributed by atoms with van der Waals surface area (Å²) in [6, 6.07) is 13.9. The maximum atomic E-state index is 12.3. The van der Waals surface area contributed by atoms with Crippen LogP contribution in [-0.2, 0) is 9.63 Å². The second kappa shape index (κ2) is 10.5. The maximum absolute atomic E-state index is 12.3. The van der Waals surface area contributed by atoms with Crippen molar-refractivity contribution >= 4 is 23.4 Å². The van der Waals surface area contributed by atoms with Crippen LogP contribution in [0.15, 0.2) is 60.7 Å². The van der Waals surface area contributed by atoms with Crippen LogP contribution in [0.3, 0.4) is 0 Å². The highest BCUT2D eigenvalue weighted by atomic mass is 19.4. The van der Waals surface area contributed by atoms with Gasteiger partial charge in [0.25, 0.3) is 0 Å². The molecule has 17 heteroatoms. The van der Waals surface area contributed by atoms with E-state index in [1.54, 1.807) is 29.7 Å². The quantitative estimate of drug-likeness (QED) is 0.203. The molecule has 0 aliphatic heterocycles. The van der Waals surface area contributed by atoms with Gasteiger partial charge < -0.3 is 24.6 Å². The van der Waals surface area contributed by atoms with E-state index < -0.39 is 18.5 Å². The summed E-state index contributed by atoms with van der Waals surface area (Å²) in [5.41, 5.74) is 2.78. The molecule has 0 aliphatic carbocycles. The molecule has 0 fully saturated rings. The number of rotatable bonds is 8. The zero-order valence-electron chi connectivity index (χ0n) is 18.5. The van der Waals surface area contributed by atoms with E-state index in [1.807, 2.05) is 0 Å². The monoisotopic (exact) mass is 541 g/mol. The van der Waals surface area contributed by atoms with E-state index in [0.29, 0.717) is 22.8 Å². The Labute approximate surface area is 207 Å². The maximum Gasteiger partial charge on any atom is 0.573 e. The molecule has 198 valence electrons. The Bertz CT molecular complexity index is 1380. The lowest BCUT2D eigenvalue weighted by Gasteiger charge is -2.09. The van der Waals surface area contributed by atoms with Crippen molar-refractivity contribution in [2.75, 3.05) is 10.8 Å². The number of halogens is 6. The molecule has 0 saturated heterocycles. The SMILES string of the molecule is O=C(ONc1ccc(Oc2ccc(-c3nnc(Nc4ccc(OC(F)(F)F)cc4)[nH]3)cc2)nn1)C(F)(F)F. The van der Waals surface area contributed by atoms with E-state index in [0.717, 1.165) is 12.1 Å². The fourth-order valence-electron chi connectivity index (χ4n) is 2.71. The van der Waals surface area contributed by atoms with Crippen molar-refractivity contribution in [3.63, 3.8) is 0 Å². The molecule has 0 aliphatic rings. The van der Waals surface area contributed by atoms with E-state index in [-0.39, 0.29) is 23.4 Å². The lowest BCUT2D eigenvalue weighted by Crippen LogP contribution is -2.27. The van der Waals surface area contributed by atoms with E-state index in [4.69, 9.17) is 4.74 Å². The first kappa shape index (κ1) is 26.0. The molecule has 0 spiro atoms. The van der Waals surface area contributed by atoms with Gasteiger partial charge in [-0.3, -0.25) is 0 Å². The van der Waals surface area contributed by atoms with Crippen molar-refractivity contribution in [1.29, 1.82) is 0 Å². The van der Waals surface area contributed by atoms with Crippen molar-refractivity contribution in [2.45, 2.75) is 12.5 Å². The largest absolute Gasteiger partial charge is 0.573 e. The molecule has 0 bridgehead atoms. The minimum atomic E-state index is -5.16. The molecule has 11 nitrogen and oxygen atoms in total. The lowest BCUT2D eigenvalue weighted by atomic mass is 10.2. The molecule has 3 N–H and O–H groups in total. The van der Waals surface area contributed by atoms with Crippen molar-refractivity contribution in [3.8, 4) is 28.8 Å². The molecule has 0 atom stereocenters. The first-order chi connectivity index (χ1) is 17.9.